The minimum atomic E-state index is -1.49. The van der Waals surface area contributed by atoms with Gasteiger partial charge in [-0.05, 0) is 56.2 Å². The number of pyridine rings is 1. The lowest BCUT2D eigenvalue weighted by atomic mass is 9.87. The number of hydrogen-bond acceptors (Lipinski definition) is 25. The summed E-state index contributed by atoms with van der Waals surface area (Å²) in [4.78, 5) is 148. The average Bonchev–Trinajstić information content (AvgIpc) is 1.71. The molecule has 0 radical (unpaired) electrons. The number of aliphatic carboxylic acids is 1. The Morgan fingerprint density at radius 2 is 1.45 bits per heavy atom. The summed E-state index contributed by atoms with van der Waals surface area (Å²) >= 11 is 7.22. The van der Waals surface area contributed by atoms with Gasteiger partial charge in [-0.1, -0.05) is 51.1 Å². The molecule has 4 atom stereocenters. The molecular formula is C61H59N13O13S6. The van der Waals surface area contributed by atoms with Crippen LogP contribution in [0.3, 0.4) is 0 Å². The van der Waals surface area contributed by atoms with Crippen molar-refractivity contribution in [2.24, 2.45) is 11.8 Å². The largest absolute Gasteiger partial charge is 0.481 e. The van der Waals surface area contributed by atoms with Crippen molar-refractivity contribution >= 4 is 127 Å². The fourth-order valence-corrected chi connectivity index (χ4v) is 16.2. The molecule has 8 aromatic heterocycles. The summed E-state index contributed by atoms with van der Waals surface area (Å²) in [6, 6.07) is 11.3. The molecule has 1 unspecified atom stereocenters. The highest BCUT2D eigenvalue weighted by Gasteiger charge is 2.36. The second-order valence-corrected chi connectivity index (χ2v) is 27.9. The van der Waals surface area contributed by atoms with Crippen molar-refractivity contribution in [1.29, 1.82) is 0 Å². The number of benzene rings is 1. The number of aromatic carboxylic acids is 1. The molecule has 5 amide bonds. The summed E-state index contributed by atoms with van der Waals surface area (Å²) in [7, 11) is 2.96. The first-order valence-corrected chi connectivity index (χ1v) is 34.3. The molecule has 1 aliphatic heterocycles. The van der Waals surface area contributed by atoms with Crippen LogP contribution in [0.2, 0.25) is 0 Å². The Hall–Kier alpha value is -8.92. The summed E-state index contributed by atoms with van der Waals surface area (Å²) in [5, 5.41) is 39.9. The van der Waals surface area contributed by atoms with Crippen molar-refractivity contribution in [3.05, 3.63) is 123 Å². The number of nitrogens with one attached hydrogen (secondary N) is 4. The second-order valence-electron chi connectivity index (χ2n) is 22.1. The fourth-order valence-electron chi connectivity index (χ4n) is 10.6. The molecule has 1 saturated carbocycles. The van der Waals surface area contributed by atoms with Gasteiger partial charge in [0.25, 0.3) is 11.8 Å². The van der Waals surface area contributed by atoms with Crippen LogP contribution in [0.5, 0.6) is 0 Å². The number of carboxylic acids is 2. The highest BCUT2D eigenvalue weighted by Crippen LogP contribution is 2.42. The number of Topliss-reactive ketones (excluding diaryl/α,β-unsaturated/α-hetero) is 1. The Balaban J connectivity index is 0.985. The summed E-state index contributed by atoms with van der Waals surface area (Å²) < 4.78 is 16.9. The van der Waals surface area contributed by atoms with E-state index in [-0.39, 0.29) is 96.5 Å². The maximum absolute atomic E-state index is 14.5. The first kappa shape index (κ1) is 65.6. The van der Waals surface area contributed by atoms with Crippen LogP contribution in [0.25, 0.3) is 43.4 Å². The number of carbonyl (C=O) groups excluding carboxylic acids is 6. The van der Waals surface area contributed by atoms with E-state index in [1.54, 1.807) is 29.8 Å². The van der Waals surface area contributed by atoms with Gasteiger partial charge in [0.15, 0.2) is 11.6 Å². The number of carboxylic acid groups (broad SMARTS) is 2. The van der Waals surface area contributed by atoms with Gasteiger partial charge in [-0.2, -0.15) is 4.90 Å². The van der Waals surface area contributed by atoms with Crippen LogP contribution in [-0.4, -0.2) is 124 Å². The number of ether oxygens (including phenoxy) is 2. The van der Waals surface area contributed by atoms with E-state index in [1.807, 2.05) is 56.5 Å². The summed E-state index contributed by atoms with van der Waals surface area (Å²) in [5.74, 6) is -7.46. The standard InChI is InChI=1S/C61H59N13O13S6/c1-27(2)34-18-40(75)47-29(4)92-57(72-47)36(19-43(76)62-5)66-50(78)38-24-88-53(68-38)33-16-17-35(55-70-42(26-91-55)74(45-21-64-52(87-45)60(82)83)61(84)86-32-14-12-31(13-15-32)59(80)81)65-48(33)37-23-89-56(67-37)39-25-90-58(69-39)46(28(3)30-10-8-7-9-11-30)71-44(77)20-63-51(79)49-41(22-85-6)93-54(34)73-49/h7-11,16-17,21,23-28,31-32,34,36,46H,12-15,18-20,22H2,1-6H3,(H,62,76)(H,63,79)(H,66,78)(H,71,77)(H,80,81)(H,82,83)/t28-,31?,32?,34?,36-,46-/m0/s1. The summed E-state index contributed by atoms with van der Waals surface area (Å²) in [6.07, 6.45) is 0.266. The van der Waals surface area contributed by atoms with Crippen LogP contribution in [-0.2, 0) is 30.5 Å². The number of aromatic nitrogens is 8. The van der Waals surface area contributed by atoms with Crippen LogP contribution >= 0.6 is 68.0 Å². The number of thiazole rings is 6. The van der Waals surface area contributed by atoms with Crippen molar-refractivity contribution < 1.29 is 62.5 Å². The third-order valence-electron chi connectivity index (χ3n) is 15.6. The third kappa shape index (κ3) is 14.7. The lowest BCUT2D eigenvalue weighted by molar-refractivity contribution is -0.143. The normalized spacial score (nSPS) is 18.4. The summed E-state index contributed by atoms with van der Waals surface area (Å²) in [6.45, 7) is 7.22. The van der Waals surface area contributed by atoms with Gasteiger partial charge in [-0.25, -0.2) is 49.5 Å². The number of aryl methyl sites for hydroxylation is 1. The van der Waals surface area contributed by atoms with Crippen LogP contribution in [0, 0.1) is 18.8 Å². The van der Waals surface area contributed by atoms with E-state index in [0.29, 0.717) is 63.1 Å². The predicted octanol–water partition coefficient (Wildman–Crippen LogP) is 10.9. The molecule has 10 bridgehead atoms. The van der Waals surface area contributed by atoms with Gasteiger partial charge in [-0.3, -0.25) is 28.8 Å². The monoisotopic (exact) mass is 1370 g/mol. The van der Waals surface area contributed by atoms with Gasteiger partial charge in [0.1, 0.15) is 65.3 Å². The van der Waals surface area contributed by atoms with Gasteiger partial charge in [0.05, 0.1) is 59.3 Å². The minimum absolute atomic E-state index is 0.00474. The number of methoxy groups -OCH3 is 1. The number of nitrogens with zero attached hydrogens (tertiary/aromatic N) is 9. The number of amides is 5. The quantitative estimate of drug-likeness (QED) is 0.0624. The van der Waals surface area contributed by atoms with Crippen molar-refractivity contribution in [3.8, 4) is 43.4 Å². The van der Waals surface area contributed by atoms with Crippen LogP contribution in [0.1, 0.15) is 156 Å². The molecule has 2 aliphatic rings. The van der Waals surface area contributed by atoms with Gasteiger partial charge in [0, 0.05) is 64.4 Å². The maximum Gasteiger partial charge on any atom is 0.422 e. The van der Waals surface area contributed by atoms with Crippen LogP contribution < -0.4 is 26.2 Å². The average molecular weight is 1370 g/mol. The molecular weight excluding hydrogens is 1320 g/mol. The molecule has 6 N–H and O–H groups in total. The Labute approximate surface area is 554 Å². The Kier molecular flexibility index (Phi) is 20.1. The molecule has 0 saturated heterocycles. The lowest BCUT2D eigenvalue weighted by Gasteiger charge is -2.27. The topological polar surface area (TPSA) is 363 Å². The van der Waals surface area contributed by atoms with Gasteiger partial charge < -0.3 is 45.4 Å². The molecule has 9 heterocycles. The smallest absolute Gasteiger partial charge is 0.422 e. The summed E-state index contributed by atoms with van der Waals surface area (Å²) in [5.41, 5.74) is 3.01. The van der Waals surface area contributed by atoms with E-state index >= 15 is 0 Å². The van der Waals surface area contributed by atoms with Crippen molar-refractivity contribution in [3.63, 3.8) is 0 Å². The van der Waals surface area contributed by atoms with Crippen molar-refractivity contribution in [1.82, 2.24) is 61.1 Å². The highest BCUT2D eigenvalue weighted by atomic mass is 32.1. The molecule has 482 valence electrons. The number of rotatable bonds is 13. The fraction of sp³-hybridized carbons (Fsp3) is 0.344. The predicted molar refractivity (Wildman–Crippen MR) is 347 cm³/mol. The van der Waals surface area contributed by atoms with E-state index in [0.717, 1.165) is 50.7 Å². The molecule has 1 fully saturated rings. The molecule has 32 heteroatoms. The van der Waals surface area contributed by atoms with Crippen molar-refractivity contribution in [2.75, 3.05) is 25.6 Å². The molecule has 93 heavy (non-hydrogen) atoms. The van der Waals surface area contributed by atoms with Gasteiger partial charge in [0.2, 0.25) is 17.7 Å². The zero-order chi connectivity index (χ0) is 65.8. The Morgan fingerprint density at radius 3 is 2.17 bits per heavy atom. The van der Waals surface area contributed by atoms with E-state index in [4.69, 9.17) is 48.8 Å². The number of fused-ring (bicyclic) bond motifs is 14. The van der Waals surface area contributed by atoms with Gasteiger partial charge in [-0.15, -0.1) is 68.0 Å². The van der Waals surface area contributed by atoms with Crippen LogP contribution in [0.4, 0.5) is 16.5 Å². The molecule has 1 aromatic carbocycles. The number of oxazole rings is 1. The van der Waals surface area contributed by atoms with E-state index < -0.39 is 84.1 Å². The Morgan fingerprint density at radius 1 is 0.742 bits per heavy atom. The van der Waals surface area contributed by atoms with E-state index in [9.17, 15) is 48.6 Å². The number of anilines is 2. The number of hydrogen-bond donors (Lipinski definition) is 6. The van der Waals surface area contributed by atoms with E-state index in [2.05, 4.69) is 26.3 Å². The molecule has 26 nitrogen and oxygen atoms in total. The van der Waals surface area contributed by atoms with Crippen LogP contribution in [0.15, 0.2) is 74.6 Å². The highest BCUT2D eigenvalue weighted by molar-refractivity contribution is 7.15. The van der Waals surface area contributed by atoms with Gasteiger partial charge >= 0.3 is 23.9 Å². The number of carbonyl (C=O) groups is 8. The zero-order valence-electron chi connectivity index (χ0n) is 50.5. The lowest BCUT2D eigenvalue weighted by Crippen LogP contribution is -2.40. The SMILES string of the molecule is CNC(=O)C[C@@H]1NC(=O)c2csc(n2)-c2ccc(-c3nc(N(C(=O)OC4CCC(C(=O)O)CC4)c4cnc(C(=O)O)o4)cs3)nc2-c2csc(n2)-c2csc(n2)[C@H]([C@@H](C)c2ccccc2)NC(=O)CNC(=O)c2nc(sc2COC)C(C(C)C)CC(=O)c2nc1sc2C. The maximum atomic E-state index is 14.5. The first-order chi connectivity index (χ1) is 44.7. The Bertz CT molecular complexity index is 4290. The molecule has 0 spiro atoms. The molecule has 11 rings (SSSR count). The van der Waals surface area contributed by atoms with E-state index in [1.165, 1.54) is 53.5 Å². The number of ketones is 1. The first-order valence-electron chi connectivity index (χ1n) is 29.1. The minimum Gasteiger partial charge on any atom is -0.481 e. The van der Waals surface area contributed by atoms with Crippen molar-refractivity contribution in [2.45, 2.75) is 103 Å². The molecule has 1 aliphatic carbocycles. The zero-order valence-corrected chi connectivity index (χ0v) is 55.4. The molecule has 9 aromatic rings. The second kappa shape index (κ2) is 28.5. The third-order valence-corrected chi connectivity index (χ3v) is 21.3.